The zero-order valence-electron chi connectivity index (χ0n) is 12.0. The molecule has 0 N–H and O–H groups in total. The molecule has 4 nitrogen and oxygen atoms in total. The number of methoxy groups -OCH3 is 1. The smallest absolute Gasteiger partial charge is 0.243 e. The number of hydrogen-bond donors (Lipinski definition) is 0. The number of piperidine rings is 1. The van der Waals surface area contributed by atoms with E-state index in [4.69, 9.17) is 4.74 Å². The third kappa shape index (κ3) is 3.18. The van der Waals surface area contributed by atoms with Crippen molar-refractivity contribution in [2.24, 2.45) is 11.8 Å². The van der Waals surface area contributed by atoms with E-state index in [1.54, 1.807) is 22.5 Å². The monoisotopic (exact) mass is 361 g/mol. The predicted octanol–water partition coefficient (Wildman–Crippen LogP) is 3.12. The summed E-state index contributed by atoms with van der Waals surface area (Å²) < 4.78 is 32.9. The summed E-state index contributed by atoms with van der Waals surface area (Å²) >= 11 is 3.34. The number of rotatable bonds is 3. The van der Waals surface area contributed by atoms with Gasteiger partial charge in [-0.15, -0.1) is 0 Å². The van der Waals surface area contributed by atoms with E-state index in [-0.39, 0.29) is 0 Å². The number of hydrogen-bond acceptors (Lipinski definition) is 3. The molecule has 1 heterocycles. The van der Waals surface area contributed by atoms with Crippen molar-refractivity contribution in [2.45, 2.75) is 25.2 Å². The van der Waals surface area contributed by atoms with Gasteiger partial charge >= 0.3 is 0 Å². The number of halogens is 1. The summed E-state index contributed by atoms with van der Waals surface area (Å²) in [5, 5.41) is 0. The summed E-state index contributed by atoms with van der Waals surface area (Å²) in [7, 11) is -1.92. The van der Waals surface area contributed by atoms with Gasteiger partial charge in [0.05, 0.1) is 16.5 Å². The van der Waals surface area contributed by atoms with Crippen molar-refractivity contribution >= 4 is 26.0 Å². The fourth-order valence-electron chi connectivity index (χ4n) is 2.75. The first-order valence-corrected chi connectivity index (χ1v) is 8.91. The summed E-state index contributed by atoms with van der Waals surface area (Å²) in [4.78, 5) is 0.291. The van der Waals surface area contributed by atoms with E-state index < -0.39 is 10.0 Å². The Morgan fingerprint density at radius 3 is 2.40 bits per heavy atom. The standard InChI is InChI=1S/C14H20BrNO3S/c1-10-6-11(2)9-16(8-10)20(17,18)12-4-5-13(15)14(7-12)19-3/h4-5,7,10-11H,6,8-9H2,1-3H3/t10-,11+. The van der Waals surface area contributed by atoms with Crippen LogP contribution in [0.1, 0.15) is 20.3 Å². The molecule has 0 spiro atoms. The summed E-state index contributed by atoms with van der Waals surface area (Å²) in [5.74, 6) is 1.32. The second-order valence-corrected chi connectivity index (χ2v) is 8.36. The van der Waals surface area contributed by atoms with Crippen molar-refractivity contribution in [3.63, 3.8) is 0 Å². The van der Waals surface area contributed by atoms with Gasteiger partial charge in [0, 0.05) is 19.2 Å². The molecule has 2 rings (SSSR count). The van der Waals surface area contributed by atoms with E-state index in [9.17, 15) is 8.42 Å². The molecule has 1 aromatic carbocycles. The highest BCUT2D eigenvalue weighted by Crippen LogP contribution is 2.31. The van der Waals surface area contributed by atoms with Gasteiger partial charge in [-0.3, -0.25) is 0 Å². The van der Waals surface area contributed by atoms with Gasteiger partial charge < -0.3 is 4.74 Å². The van der Waals surface area contributed by atoms with Crippen LogP contribution in [0.15, 0.2) is 27.6 Å². The quantitative estimate of drug-likeness (QED) is 0.830. The Labute approximate surface area is 129 Å². The molecule has 0 radical (unpaired) electrons. The molecule has 1 saturated heterocycles. The van der Waals surface area contributed by atoms with Crippen LogP contribution in [0, 0.1) is 11.8 Å². The van der Waals surface area contributed by atoms with Gasteiger partial charge in [0.15, 0.2) is 0 Å². The van der Waals surface area contributed by atoms with Crippen LogP contribution in [-0.2, 0) is 10.0 Å². The van der Waals surface area contributed by atoms with Gasteiger partial charge in [0.1, 0.15) is 5.75 Å². The van der Waals surface area contributed by atoms with Gasteiger partial charge in [0.25, 0.3) is 0 Å². The normalized spacial score (nSPS) is 24.6. The molecule has 6 heteroatoms. The van der Waals surface area contributed by atoms with Crippen molar-refractivity contribution in [3.05, 3.63) is 22.7 Å². The van der Waals surface area contributed by atoms with Gasteiger partial charge in [-0.1, -0.05) is 13.8 Å². The first kappa shape index (κ1) is 15.8. The molecule has 1 aromatic rings. The van der Waals surface area contributed by atoms with Crippen molar-refractivity contribution in [1.29, 1.82) is 0 Å². The first-order valence-electron chi connectivity index (χ1n) is 6.68. The third-order valence-corrected chi connectivity index (χ3v) is 6.08. The highest BCUT2D eigenvalue weighted by Gasteiger charge is 2.31. The molecule has 0 bridgehead atoms. The van der Waals surface area contributed by atoms with Gasteiger partial charge in [-0.25, -0.2) is 8.42 Å². The summed E-state index contributed by atoms with van der Waals surface area (Å²) in [6, 6.07) is 4.90. The lowest BCUT2D eigenvalue weighted by Gasteiger charge is -2.34. The molecular weight excluding hydrogens is 342 g/mol. The minimum Gasteiger partial charge on any atom is -0.496 e. The molecule has 0 unspecified atom stereocenters. The van der Waals surface area contributed by atoms with E-state index in [1.165, 1.54) is 7.11 Å². The molecule has 2 atom stereocenters. The molecule has 112 valence electrons. The Bertz CT molecular complexity index is 578. The fourth-order valence-corrected chi connectivity index (χ4v) is 4.86. The molecule has 0 aliphatic carbocycles. The summed E-state index contributed by atoms with van der Waals surface area (Å²) in [5.41, 5.74) is 0. The van der Waals surface area contributed by atoms with Gasteiger partial charge in [-0.2, -0.15) is 4.31 Å². The van der Waals surface area contributed by atoms with Crippen LogP contribution >= 0.6 is 15.9 Å². The Morgan fingerprint density at radius 2 is 1.85 bits per heavy atom. The topological polar surface area (TPSA) is 46.6 Å². The average molecular weight is 362 g/mol. The zero-order valence-corrected chi connectivity index (χ0v) is 14.4. The molecule has 1 aliphatic rings. The largest absolute Gasteiger partial charge is 0.496 e. The van der Waals surface area contributed by atoms with Gasteiger partial charge in [-0.05, 0) is 46.3 Å². The van der Waals surface area contributed by atoms with Crippen molar-refractivity contribution < 1.29 is 13.2 Å². The molecule has 1 aliphatic heterocycles. The minimum absolute atomic E-state index is 0.291. The summed E-state index contributed by atoms with van der Waals surface area (Å²) in [6.45, 7) is 5.37. The third-order valence-electron chi connectivity index (χ3n) is 3.60. The van der Waals surface area contributed by atoms with Crippen LogP contribution in [0.5, 0.6) is 5.75 Å². The minimum atomic E-state index is -3.44. The molecule has 1 fully saturated rings. The number of benzene rings is 1. The van der Waals surface area contributed by atoms with Crippen LogP contribution in [-0.4, -0.2) is 32.9 Å². The van der Waals surface area contributed by atoms with Crippen LogP contribution in [0.2, 0.25) is 0 Å². The van der Waals surface area contributed by atoms with E-state index in [0.717, 1.165) is 10.9 Å². The van der Waals surface area contributed by atoms with Gasteiger partial charge in [0.2, 0.25) is 10.0 Å². The molecule has 20 heavy (non-hydrogen) atoms. The lowest BCUT2D eigenvalue weighted by atomic mass is 9.94. The molecular formula is C14H20BrNO3S. The highest BCUT2D eigenvalue weighted by atomic mass is 79.9. The number of ether oxygens (including phenoxy) is 1. The maximum Gasteiger partial charge on any atom is 0.243 e. The first-order chi connectivity index (χ1) is 9.34. The molecule has 0 saturated carbocycles. The lowest BCUT2D eigenvalue weighted by Crippen LogP contribution is -2.42. The SMILES string of the molecule is COc1cc(S(=O)(=O)N2C[C@H](C)C[C@H](C)C2)ccc1Br. The average Bonchev–Trinajstić information content (AvgIpc) is 2.37. The van der Waals surface area contributed by atoms with Crippen LogP contribution in [0.4, 0.5) is 0 Å². The number of nitrogens with zero attached hydrogens (tertiary/aromatic N) is 1. The van der Waals surface area contributed by atoms with E-state index in [0.29, 0.717) is 35.6 Å². The maximum atomic E-state index is 12.7. The number of sulfonamides is 1. The summed E-state index contributed by atoms with van der Waals surface area (Å²) in [6.07, 6.45) is 1.08. The van der Waals surface area contributed by atoms with Crippen molar-refractivity contribution in [1.82, 2.24) is 4.31 Å². The second kappa shape index (κ2) is 6.03. The Hall–Kier alpha value is -0.590. The Balaban J connectivity index is 2.34. The Kier molecular flexibility index (Phi) is 4.76. The van der Waals surface area contributed by atoms with Crippen molar-refractivity contribution in [2.75, 3.05) is 20.2 Å². The highest BCUT2D eigenvalue weighted by molar-refractivity contribution is 9.10. The van der Waals surface area contributed by atoms with Crippen LogP contribution in [0.25, 0.3) is 0 Å². The van der Waals surface area contributed by atoms with E-state index in [2.05, 4.69) is 29.8 Å². The lowest BCUT2D eigenvalue weighted by molar-refractivity contribution is 0.222. The van der Waals surface area contributed by atoms with E-state index in [1.807, 2.05) is 0 Å². The Morgan fingerprint density at radius 1 is 1.25 bits per heavy atom. The predicted molar refractivity (Wildman–Crippen MR) is 82.4 cm³/mol. The van der Waals surface area contributed by atoms with Crippen molar-refractivity contribution in [3.8, 4) is 5.75 Å². The van der Waals surface area contributed by atoms with Crippen LogP contribution < -0.4 is 4.74 Å². The van der Waals surface area contributed by atoms with Crippen LogP contribution in [0.3, 0.4) is 0 Å². The zero-order chi connectivity index (χ0) is 14.9. The maximum absolute atomic E-state index is 12.7. The molecule has 0 amide bonds. The molecule has 0 aromatic heterocycles. The second-order valence-electron chi connectivity index (χ2n) is 5.56. The fraction of sp³-hybridized carbons (Fsp3) is 0.571. The van der Waals surface area contributed by atoms with E-state index >= 15 is 0 Å².